The van der Waals surface area contributed by atoms with Crippen molar-refractivity contribution in [1.82, 2.24) is 10.2 Å². The van der Waals surface area contributed by atoms with Gasteiger partial charge >= 0.3 is 6.18 Å². The van der Waals surface area contributed by atoms with Crippen molar-refractivity contribution in [3.63, 3.8) is 0 Å². The van der Waals surface area contributed by atoms with E-state index in [9.17, 15) is 13.2 Å². The molecule has 0 amide bonds. The van der Waals surface area contributed by atoms with Gasteiger partial charge in [0.05, 0.1) is 6.54 Å². The Kier molecular flexibility index (Phi) is 6.92. The van der Waals surface area contributed by atoms with E-state index in [2.05, 4.69) is 5.32 Å². The monoisotopic (exact) mass is 226 g/mol. The van der Waals surface area contributed by atoms with Crippen LogP contribution in [0.5, 0.6) is 0 Å². The van der Waals surface area contributed by atoms with Crippen molar-refractivity contribution in [3.8, 4) is 0 Å². The highest BCUT2D eigenvalue weighted by atomic mass is 19.4. The molecule has 0 aliphatic heterocycles. The number of alkyl halides is 3. The summed E-state index contributed by atoms with van der Waals surface area (Å²) in [6.07, 6.45) is -2.38. The molecule has 2 nitrogen and oxygen atoms in total. The standard InChI is InChI=1S/C10H21F3N2/c1-4-15(8-10(11,12)13)9(2)6-5-7-14-3/h9,14H,4-8H2,1-3H3. The summed E-state index contributed by atoms with van der Waals surface area (Å²) in [5.74, 6) is 0. The fourth-order valence-electron chi connectivity index (χ4n) is 1.57. The molecule has 1 unspecified atom stereocenters. The van der Waals surface area contributed by atoms with Gasteiger partial charge in [-0.15, -0.1) is 0 Å². The van der Waals surface area contributed by atoms with Gasteiger partial charge in [-0.25, -0.2) is 0 Å². The summed E-state index contributed by atoms with van der Waals surface area (Å²) in [6.45, 7) is 4.11. The first kappa shape index (κ1) is 14.7. The molecule has 5 heteroatoms. The third kappa shape index (κ3) is 7.62. The first-order valence-corrected chi connectivity index (χ1v) is 5.36. The number of halogens is 3. The topological polar surface area (TPSA) is 15.3 Å². The summed E-state index contributed by atoms with van der Waals surface area (Å²) in [7, 11) is 1.85. The second-order valence-corrected chi connectivity index (χ2v) is 3.77. The van der Waals surface area contributed by atoms with E-state index in [-0.39, 0.29) is 6.04 Å². The molecule has 0 spiro atoms. The van der Waals surface area contributed by atoms with E-state index >= 15 is 0 Å². The van der Waals surface area contributed by atoms with E-state index in [1.807, 2.05) is 14.0 Å². The molecule has 0 aromatic rings. The van der Waals surface area contributed by atoms with Crippen molar-refractivity contribution < 1.29 is 13.2 Å². The quantitative estimate of drug-likeness (QED) is 0.670. The lowest BCUT2D eigenvalue weighted by Gasteiger charge is -2.28. The minimum absolute atomic E-state index is 0.00928. The smallest absolute Gasteiger partial charge is 0.320 e. The van der Waals surface area contributed by atoms with Crippen molar-refractivity contribution in [3.05, 3.63) is 0 Å². The van der Waals surface area contributed by atoms with Gasteiger partial charge in [0.25, 0.3) is 0 Å². The van der Waals surface area contributed by atoms with Gasteiger partial charge in [0.1, 0.15) is 0 Å². The Balaban J connectivity index is 3.93. The summed E-state index contributed by atoms with van der Waals surface area (Å²) < 4.78 is 36.6. The summed E-state index contributed by atoms with van der Waals surface area (Å²) in [4.78, 5) is 1.47. The molecule has 1 atom stereocenters. The maximum atomic E-state index is 12.2. The molecular weight excluding hydrogens is 205 g/mol. The van der Waals surface area contributed by atoms with Gasteiger partial charge in [-0.05, 0) is 39.9 Å². The van der Waals surface area contributed by atoms with Crippen LogP contribution in [0.2, 0.25) is 0 Å². The van der Waals surface area contributed by atoms with E-state index < -0.39 is 12.7 Å². The number of hydrogen-bond acceptors (Lipinski definition) is 2. The molecule has 1 N–H and O–H groups in total. The van der Waals surface area contributed by atoms with Crippen molar-refractivity contribution in [1.29, 1.82) is 0 Å². The number of hydrogen-bond donors (Lipinski definition) is 1. The lowest BCUT2D eigenvalue weighted by molar-refractivity contribution is -0.150. The van der Waals surface area contributed by atoms with E-state index in [4.69, 9.17) is 0 Å². The minimum atomic E-state index is -4.09. The first-order valence-electron chi connectivity index (χ1n) is 5.36. The predicted octanol–water partition coefficient (Wildman–Crippen LogP) is 2.26. The fourth-order valence-corrected chi connectivity index (χ4v) is 1.57. The number of rotatable bonds is 7. The van der Waals surface area contributed by atoms with Gasteiger partial charge in [0, 0.05) is 6.04 Å². The van der Waals surface area contributed by atoms with Crippen molar-refractivity contribution >= 4 is 0 Å². The predicted molar refractivity (Wildman–Crippen MR) is 55.9 cm³/mol. The van der Waals surface area contributed by atoms with Gasteiger partial charge in [0.2, 0.25) is 0 Å². The Morgan fingerprint density at radius 3 is 2.33 bits per heavy atom. The molecule has 0 aromatic carbocycles. The Morgan fingerprint density at radius 2 is 1.93 bits per heavy atom. The maximum Gasteiger partial charge on any atom is 0.401 e. The van der Waals surface area contributed by atoms with Gasteiger partial charge in [0.15, 0.2) is 0 Å². The van der Waals surface area contributed by atoms with Crippen LogP contribution in [0.15, 0.2) is 0 Å². The molecule has 15 heavy (non-hydrogen) atoms. The van der Waals surface area contributed by atoms with E-state index in [1.165, 1.54) is 4.90 Å². The third-order valence-electron chi connectivity index (χ3n) is 2.46. The average molecular weight is 226 g/mol. The summed E-state index contributed by atoms with van der Waals surface area (Å²) in [6, 6.07) is -0.00928. The van der Waals surface area contributed by atoms with Gasteiger partial charge < -0.3 is 5.32 Å². The SMILES string of the molecule is CCN(CC(F)(F)F)C(C)CCCNC. The van der Waals surface area contributed by atoms with Crippen molar-refractivity contribution in [2.75, 3.05) is 26.7 Å². The molecule has 0 fully saturated rings. The highest BCUT2D eigenvalue weighted by Crippen LogP contribution is 2.19. The Hall–Kier alpha value is -0.290. The van der Waals surface area contributed by atoms with Crippen LogP contribution in [-0.4, -0.2) is 43.8 Å². The normalized spacial score (nSPS) is 14.6. The highest BCUT2D eigenvalue weighted by molar-refractivity contribution is 4.69. The molecule has 0 aliphatic carbocycles. The second-order valence-electron chi connectivity index (χ2n) is 3.77. The van der Waals surface area contributed by atoms with E-state index in [1.54, 1.807) is 6.92 Å². The molecule has 0 aromatic heterocycles. The van der Waals surface area contributed by atoms with Crippen LogP contribution in [0, 0.1) is 0 Å². The van der Waals surface area contributed by atoms with Crippen molar-refractivity contribution in [2.24, 2.45) is 0 Å². The van der Waals surface area contributed by atoms with Crippen LogP contribution in [-0.2, 0) is 0 Å². The largest absolute Gasteiger partial charge is 0.401 e. The number of nitrogens with zero attached hydrogens (tertiary/aromatic N) is 1. The molecule has 0 saturated carbocycles. The summed E-state index contributed by atoms with van der Waals surface area (Å²) in [5.41, 5.74) is 0. The van der Waals surface area contributed by atoms with E-state index in [0.717, 1.165) is 19.4 Å². The summed E-state index contributed by atoms with van der Waals surface area (Å²) >= 11 is 0. The average Bonchev–Trinajstić information content (AvgIpc) is 2.13. The van der Waals surface area contributed by atoms with Gasteiger partial charge in [-0.2, -0.15) is 13.2 Å². The van der Waals surface area contributed by atoms with Crippen LogP contribution < -0.4 is 5.32 Å². The lowest BCUT2D eigenvalue weighted by Crippen LogP contribution is -2.40. The zero-order valence-electron chi connectivity index (χ0n) is 9.69. The Morgan fingerprint density at radius 1 is 1.33 bits per heavy atom. The lowest BCUT2D eigenvalue weighted by atomic mass is 10.1. The molecule has 92 valence electrons. The zero-order chi connectivity index (χ0) is 11.9. The molecule has 0 saturated heterocycles. The minimum Gasteiger partial charge on any atom is -0.320 e. The third-order valence-corrected chi connectivity index (χ3v) is 2.46. The molecule has 0 heterocycles. The molecule has 0 radical (unpaired) electrons. The zero-order valence-corrected chi connectivity index (χ0v) is 9.69. The summed E-state index contributed by atoms with van der Waals surface area (Å²) in [5, 5.41) is 2.99. The fraction of sp³-hybridized carbons (Fsp3) is 1.00. The van der Waals surface area contributed by atoms with E-state index in [0.29, 0.717) is 6.54 Å². The van der Waals surface area contributed by atoms with Crippen LogP contribution in [0.4, 0.5) is 13.2 Å². The first-order chi connectivity index (χ1) is 6.90. The number of nitrogens with one attached hydrogen (secondary N) is 1. The van der Waals surface area contributed by atoms with Crippen LogP contribution in [0.25, 0.3) is 0 Å². The highest BCUT2D eigenvalue weighted by Gasteiger charge is 2.31. The Labute approximate surface area is 89.8 Å². The molecular formula is C10H21F3N2. The maximum absolute atomic E-state index is 12.2. The Bertz CT molecular complexity index is 159. The molecule has 0 rings (SSSR count). The second kappa shape index (κ2) is 7.06. The van der Waals surface area contributed by atoms with Gasteiger partial charge in [-0.1, -0.05) is 6.92 Å². The molecule has 0 aliphatic rings. The van der Waals surface area contributed by atoms with Crippen LogP contribution in [0.3, 0.4) is 0 Å². The van der Waals surface area contributed by atoms with Crippen molar-refractivity contribution in [2.45, 2.75) is 38.9 Å². The van der Waals surface area contributed by atoms with Crippen LogP contribution >= 0.6 is 0 Å². The van der Waals surface area contributed by atoms with Gasteiger partial charge in [-0.3, -0.25) is 4.90 Å². The van der Waals surface area contributed by atoms with Crippen LogP contribution in [0.1, 0.15) is 26.7 Å². The molecule has 0 bridgehead atoms.